The molecule has 1 N–H and O–H groups in total. The molecule has 1 unspecified atom stereocenters. The molecule has 1 aliphatic rings. The van der Waals surface area contributed by atoms with Crippen LogP contribution in [0.25, 0.3) is 0 Å². The fourth-order valence-corrected chi connectivity index (χ4v) is 2.92. The second kappa shape index (κ2) is 7.51. The van der Waals surface area contributed by atoms with Crippen LogP contribution in [0.3, 0.4) is 0 Å². The lowest BCUT2D eigenvalue weighted by Crippen LogP contribution is -2.21. The van der Waals surface area contributed by atoms with E-state index in [1.54, 1.807) is 7.11 Å². The molecule has 1 aliphatic heterocycles. The summed E-state index contributed by atoms with van der Waals surface area (Å²) in [5.74, 6) is 1.63. The topological polar surface area (TPSA) is 32.7 Å². The molecular weight excluding hydrogens is 238 g/mol. The lowest BCUT2D eigenvalue weighted by Gasteiger charge is -2.17. The molecule has 0 saturated carbocycles. The van der Waals surface area contributed by atoms with Gasteiger partial charge in [-0.2, -0.15) is 0 Å². The third-order valence-electron chi connectivity index (χ3n) is 3.98. The molecule has 1 aromatic rings. The number of aliphatic hydroxyl groups excluding tert-OH is 1. The van der Waals surface area contributed by atoms with Gasteiger partial charge in [0.05, 0.1) is 7.11 Å². The highest BCUT2D eigenvalue weighted by Gasteiger charge is 2.25. The molecule has 0 amide bonds. The Morgan fingerprint density at radius 2 is 2.11 bits per heavy atom. The van der Waals surface area contributed by atoms with E-state index in [9.17, 15) is 0 Å². The number of benzene rings is 1. The number of para-hydroxylation sites is 1. The van der Waals surface area contributed by atoms with E-state index in [4.69, 9.17) is 9.84 Å². The van der Waals surface area contributed by atoms with Crippen LogP contribution in [0.4, 0.5) is 0 Å². The molecule has 1 atom stereocenters. The van der Waals surface area contributed by atoms with Crippen molar-refractivity contribution in [2.75, 3.05) is 33.4 Å². The molecule has 3 heteroatoms. The van der Waals surface area contributed by atoms with E-state index in [-0.39, 0.29) is 0 Å². The number of ether oxygens (including phenoxy) is 1. The van der Waals surface area contributed by atoms with E-state index in [1.165, 1.54) is 24.9 Å². The van der Waals surface area contributed by atoms with Gasteiger partial charge >= 0.3 is 0 Å². The summed E-state index contributed by atoms with van der Waals surface area (Å²) >= 11 is 0. The first-order valence-electron chi connectivity index (χ1n) is 7.31. The lowest BCUT2D eigenvalue weighted by atomic mass is 9.97. The predicted molar refractivity (Wildman–Crippen MR) is 77.7 cm³/mol. The Morgan fingerprint density at radius 1 is 1.26 bits per heavy atom. The Hall–Kier alpha value is -1.06. The number of methoxy groups -OCH3 is 1. The van der Waals surface area contributed by atoms with Gasteiger partial charge in [-0.3, -0.25) is 0 Å². The third kappa shape index (κ3) is 3.95. The second-order valence-electron chi connectivity index (χ2n) is 5.31. The highest BCUT2D eigenvalue weighted by Crippen LogP contribution is 2.33. The fourth-order valence-electron chi connectivity index (χ4n) is 2.92. The molecule has 0 bridgehead atoms. The average Bonchev–Trinajstić information content (AvgIpc) is 2.92. The van der Waals surface area contributed by atoms with Crippen LogP contribution in [0, 0.1) is 0 Å². The summed E-state index contributed by atoms with van der Waals surface area (Å²) < 4.78 is 5.46. The van der Waals surface area contributed by atoms with E-state index in [0.717, 1.165) is 31.7 Å². The minimum absolute atomic E-state index is 0.323. The maximum Gasteiger partial charge on any atom is 0.122 e. The first kappa shape index (κ1) is 14.4. The number of hydrogen-bond donors (Lipinski definition) is 1. The van der Waals surface area contributed by atoms with Crippen LogP contribution in [0.15, 0.2) is 24.3 Å². The summed E-state index contributed by atoms with van der Waals surface area (Å²) in [5.41, 5.74) is 1.35. The van der Waals surface area contributed by atoms with Crippen molar-refractivity contribution >= 4 is 0 Å². The van der Waals surface area contributed by atoms with Gasteiger partial charge in [-0.1, -0.05) is 18.2 Å². The Labute approximate surface area is 116 Å². The van der Waals surface area contributed by atoms with Gasteiger partial charge in [-0.15, -0.1) is 0 Å². The van der Waals surface area contributed by atoms with Crippen LogP contribution in [0.2, 0.25) is 0 Å². The molecule has 3 nitrogen and oxygen atoms in total. The summed E-state index contributed by atoms with van der Waals surface area (Å²) in [6, 6.07) is 8.38. The van der Waals surface area contributed by atoms with Crippen molar-refractivity contribution in [1.82, 2.24) is 4.90 Å². The molecule has 19 heavy (non-hydrogen) atoms. The molecule has 0 spiro atoms. The number of likely N-dealkylation sites (tertiary alicyclic amines) is 1. The summed E-state index contributed by atoms with van der Waals surface area (Å²) in [5, 5.41) is 8.78. The molecule has 106 valence electrons. The van der Waals surface area contributed by atoms with Crippen molar-refractivity contribution < 1.29 is 9.84 Å². The van der Waals surface area contributed by atoms with Gasteiger partial charge in [0.1, 0.15) is 5.75 Å². The predicted octanol–water partition coefficient (Wildman–Crippen LogP) is 2.65. The van der Waals surface area contributed by atoms with Crippen LogP contribution in [-0.4, -0.2) is 43.4 Å². The Kier molecular flexibility index (Phi) is 5.67. The van der Waals surface area contributed by atoms with Crippen LogP contribution >= 0.6 is 0 Å². The summed E-state index contributed by atoms with van der Waals surface area (Å²) in [4.78, 5) is 2.54. The Balaban J connectivity index is 1.84. The smallest absolute Gasteiger partial charge is 0.122 e. The zero-order chi connectivity index (χ0) is 13.5. The largest absolute Gasteiger partial charge is 0.496 e. The SMILES string of the molecule is COc1ccccc1C1CCN(CCCCCO)C1. The average molecular weight is 263 g/mol. The van der Waals surface area contributed by atoms with Crippen molar-refractivity contribution in [3.8, 4) is 5.75 Å². The van der Waals surface area contributed by atoms with Gasteiger partial charge in [-0.25, -0.2) is 0 Å². The van der Waals surface area contributed by atoms with Gasteiger partial charge in [0, 0.05) is 19.1 Å². The van der Waals surface area contributed by atoms with Gasteiger partial charge in [0.25, 0.3) is 0 Å². The molecule has 1 saturated heterocycles. The molecule has 2 rings (SSSR count). The number of rotatable bonds is 7. The van der Waals surface area contributed by atoms with E-state index < -0.39 is 0 Å². The van der Waals surface area contributed by atoms with Crippen LogP contribution < -0.4 is 4.74 Å². The van der Waals surface area contributed by atoms with E-state index in [1.807, 2.05) is 6.07 Å². The van der Waals surface area contributed by atoms with Crippen LogP contribution in [-0.2, 0) is 0 Å². The van der Waals surface area contributed by atoms with Crippen LogP contribution in [0.5, 0.6) is 5.75 Å². The van der Waals surface area contributed by atoms with Crippen molar-refractivity contribution in [3.05, 3.63) is 29.8 Å². The van der Waals surface area contributed by atoms with Crippen molar-refractivity contribution in [1.29, 1.82) is 0 Å². The monoisotopic (exact) mass is 263 g/mol. The third-order valence-corrected chi connectivity index (χ3v) is 3.98. The number of hydrogen-bond acceptors (Lipinski definition) is 3. The molecule has 1 heterocycles. The minimum Gasteiger partial charge on any atom is -0.496 e. The highest BCUT2D eigenvalue weighted by atomic mass is 16.5. The van der Waals surface area contributed by atoms with Crippen molar-refractivity contribution in [3.63, 3.8) is 0 Å². The second-order valence-corrected chi connectivity index (χ2v) is 5.31. The van der Waals surface area contributed by atoms with E-state index in [0.29, 0.717) is 12.5 Å². The molecular formula is C16H25NO2. The number of aliphatic hydroxyl groups is 1. The normalized spacial score (nSPS) is 19.8. The number of unbranched alkanes of at least 4 members (excludes halogenated alkanes) is 2. The fraction of sp³-hybridized carbons (Fsp3) is 0.625. The molecule has 1 fully saturated rings. The van der Waals surface area contributed by atoms with Crippen molar-refractivity contribution in [2.24, 2.45) is 0 Å². The molecule has 0 aliphatic carbocycles. The van der Waals surface area contributed by atoms with E-state index in [2.05, 4.69) is 23.1 Å². The molecule has 0 aromatic heterocycles. The summed E-state index contributed by atoms with van der Waals surface area (Å²) in [6.07, 6.45) is 4.48. The zero-order valence-electron chi connectivity index (χ0n) is 11.8. The number of nitrogens with zero attached hydrogens (tertiary/aromatic N) is 1. The zero-order valence-corrected chi connectivity index (χ0v) is 11.8. The highest BCUT2D eigenvalue weighted by molar-refractivity contribution is 5.36. The minimum atomic E-state index is 0.323. The lowest BCUT2D eigenvalue weighted by molar-refractivity contribution is 0.272. The summed E-state index contributed by atoms with van der Waals surface area (Å²) in [7, 11) is 1.75. The molecule has 0 radical (unpaired) electrons. The van der Waals surface area contributed by atoms with Gasteiger partial charge < -0.3 is 14.7 Å². The summed E-state index contributed by atoms with van der Waals surface area (Å²) in [6.45, 7) is 3.80. The van der Waals surface area contributed by atoms with Crippen molar-refractivity contribution in [2.45, 2.75) is 31.6 Å². The first-order valence-corrected chi connectivity index (χ1v) is 7.31. The Bertz CT molecular complexity index is 381. The standard InChI is InChI=1S/C16H25NO2/c1-19-16-8-4-3-7-15(16)14-9-11-17(13-14)10-5-2-6-12-18/h3-4,7-8,14,18H,2,5-6,9-13H2,1H3. The maximum absolute atomic E-state index is 8.78. The molecule has 1 aromatic carbocycles. The Morgan fingerprint density at radius 3 is 2.89 bits per heavy atom. The maximum atomic E-state index is 8.78. The first-order chi connectivity index (χ1) is 9.35. The van der Waals surface area contributed by atoms with Gasteiger partial charge in [0.15, 0.2) is 0 Å². The van der Waals surface area contributed by atoms with Gasteiger partial charge in [-0.05, 0) is 50.4 Å². The van der Waals surface area contributed by atoms with E-state index >= 15 is 0 Å². The quantitative estimate of drug-likeness (QED) is 0.768. The van der Waals surface area contributed by atoms with Crippen LogP contribution in [0.1, 0.15) is 37.2 Å². The van der Waals surface area contributed by atoms with Gasteiger partial charge in [0.2, 0.25) is 0 Å².